The first-order valence-electron chi connectivity index (χ1n) is 7.89. The van der Waals surface area contributed by atoms with E-state index in [-0.39, 0.29) is 0 Å². The summed E-state index contributed by atoms with van der Waals surface area (Å²) in [5.74, 6) is 1.90. The minimum Gasteiger partial charge on any atom is -0.456 e. The van der Waals surface area contributed by atoms with Crippen LogP contribution in [0.15, 0.2) is 60.4 Å². The second-order valence-electron chi connectivity index (χ2n) is 5.20. The van der Waals surface area contributed by atoms with Crippen molar-refractivity contribution in [2.24, 2.45) is 0 Å². The maximum Gasteiger partial charge on any atom is 0.134 e. The van der Waals surface area contributed by atoms with E-state index in [1.54, 1.807) is 0 Å². The number of fused-ring (bicyclic) bond motifs is 3. The van der Waals surface area contributed by atoms with E-state index in [0.29, 0.717) is 0 Å². The average molecular weight is 291 g/mol. The highest BCUT2D eigenvalue weighted by atomic mass is 16.5. The van der Waals surface area contributed by atoms with Crippen molar-refractivity contribution in [2.45, 2.75) is 26.7 Å². The molecule has 0 atom stereocenters. The fourth-order valence-corrected chi connectivity index (χ4v) is 2.98. The molecule has 0 unspecified atom stereocenters. The van der Waals surface area contributed by atoms with E-state index in [0.717, 1.165) is 35.6 Å². The van der Waals surface area contributed by atoms with Crippen molar-refractivity contribution in [3.8, 4) is 5.75 Å². The molecule has 1 heterocycles. The summed E-state index contributed by atoms with van der Waals surface area (Å²) < 4.78 is 6.07. The standard InChI is InChI=1S/C18H15NO.C2H6/c19-16-7-3-1-6-14(16)15-10-9-12-11-18(15)20-17-8-4-2-5-13(12)17;1-2/h1-8,11H,9-10,19H2;1-2H3. The summed E-state index contributed by atoms with van der Waals surface area (Å²) in [6.45, 7) is 4.00. The van der Waals surface area contributed by atoms with Gasteiger partial charge in [-0.05, 0) is 36.6 Å². The van der Waals surface area contributed by atoms with Crippen LogP contribution in [0.2, 0.25) is 0 Å². The van der Waals surface area contributed by atoms with Gasteiger partial charge in [-0.1, -0.05) is 50.2 Å². The van der Waals surface area contributed by atoms with Crippen LogP contribution in [-0.4, -0.2) is 0 Å². The highest BCUT2D eigenvalue weighted by molar-refractivity contribution is 5.87. The minimum atomic E-state index is 0.814. The van der Waals surface area contributed by atoms with Crippen molar-refractivity contribution in [3.05, 3.63) is 71.5 Å². The molecule has 0 saturated heterocycles. The first kappa shape index (κ1) is 14.5. The molecule has 0 amide bonds. The molecule has 2 N–H and O–H groups in total. The lowest BCUT2D eigenvalue weighted by atomic mass is 9.86. The van der Waals surface area contributed by atoms with E-state index < -0.39 is 0 Å². The summed E-state index contributed by atoms with van der Waals surface area (Å²) in [5.41, 5.74) is 11.8. The summed E-state index contributed by atoms with van der Waals surface area (Å²) in [6, 6.07) is 16.2. The average Bonchev–Trinajstić information content (AvgIpc) is 2.58. The number of hydrogen-bond donors (Lipinski definition) is 1. The molecule has 0 fully saturated rings. The van der Waals surface area contributed by atoms with Crippen molar-refractivity contribution in [3.63, 3.8) is 0 Å². The molecule has 0 aromatic heterocycles. The molecular weight excluding hydrogens is 270 g/mol. The lowest BCUT2D eigenvalue weighted by Gasteiger charge is -2.27. The maximum atomic E-state index is 6.11. The molecule has 112 valence electrons. The van der Waals surface area contributed by atoms with E-state index in [4.69, 9.17) is 10.5 Å². The van der Waals surface area contributed by atoms with Crippen molar-refractivity contribution in [1.82, 2.24) is 0 Å². The van der Waals surface area contributed by atoms with Gasteiger partial charge in [-0.3, -0.25) is 0 Å². The van der Waals surface area contributed by atoms with Gasteiger partial charge in [0.15, 0.2) is 0 Å². The first-order chi connectivity index (χ1) is 10.8. The SMILES string of the molecule is CC.Nc1ccccc1C1=C2C=C(CC1)c1ccccc1O2. The molecule has 0 saturated carbocycles. The van der Waals surface area contributed by atoms with Crippen LogP contribution in [0.5, 0.6) is 5.75 Å². The van der Waals surface area contributed by atoms with Gasteiger partial charge in [0, 0.05) is 22.4 Å². The smallest absolute Gasteiger partial charge is 0.134 e. The molecule has 2 heteroatoms. The second kappa shape index (κ2) is 6.10. The van der Waals surface area contributed by atoms with Crippen LogP contribution in [0, 0.1) is 0 Å². The molecule has 22 heavy (non-hydrogen) atoms. The quantitative estimate of drug-likeness (QED) is 0.726. The van der Waals surface area contributed by atoms with E-state index in [1.165, 1.54) is 16.7 Å². The van der Waals surface area contributed by atoms with Gasteiger partial charge in [0.1, 0.15) is 11.5 Å². The molecule has 1 aliphatic carbocycles. The molecule has 0 spiro atoms. The zero-order valence-electron chi connectivity index (χ0n) is 13.1. The molecule has 1 aliphatic heterocycles. The number of rotatable bonds is 1. The Balaban J connectivity index is 0.000000693. The van der Waals surface area contributed by atoms with Crippen molar-refractivity contribution in [2.75, 3.05) is 5.73 Å². The van der Waals surface area contributed by atoms with E-state index in [1.807, 2.05) is 44.2 Å². The van der Waals surface area contributed by atoms with Gasteiger partial charge in [-0.15, -0.1) is 0 Å². The van der Waals surface area contributed by atoms with E-state index in [2.05, 4.69) is 24.3 Å². The van der Waals surface area contributed by atoms with Crippen LogP contribution < -0.4 is 10.5 Å². The van der Waals surface area contributed by atoms with Gasteiger partial charge < -0.3 is 10.5 Å². The molecule has 2 bridgehead atoms. The highest BCUT2D eigenvalue weighted by Gasteiger charge is 2.24. The fraction of sp³-hybridized carbons (Fsp3) is 0.200. The summed E-state index contributed by atoms with van der Waals surface area (Å²) in [5, 5.41) is 0. The van der Waals surface area contributed by atoms with Gasteiger partial charge in [-0.25, -0.2) is 0 Å². The van der Waals surface area contributed by atoms with Gasteiger partial charge in [-0.2, -0.15) is 0 Å². The number of hydrogen-bond acceptors (Lipinski definition) is 2. The van der Waals surface area contributed by atoms with Crippen molar-refractivity contribution in [1.29, 1.82) is 0 Å². The zero-order valence-corrected chi connectivity index (χ0v) is 13.1. The molecule has 0 radical (unpaired) electrons. The topological polar surface area (TPSA) is 35.2 Å². The van der Waals surface area contributed by atoms with Crippen LogP contribution in [0.4, 0.5) is 5.69 Å². The Morgan fingerprint density at radius 2 is 1.55 bits per heavy atom. The molecular formula is C20H21NO. The molecule has 2 aromatic rings. The Hall–Kier alpha value is -2.48. The Morgan fingerprint density at radius 1 is 0.864 bits per heavy atom. The number of nitrogens with two attached hydrogens (primary N) is 1. The largest absolute Gasteiger partial charge is 0.456 e. The number of para-hydroxylation sites is 2. The third kappa shape index (κ3) is 2.41. The highest BCUT2D eigenvalue weighted by Crippen LogP contribution is 2.44. The third-order valence-electron chi connectivity index (χ3n) is 3.99. The van der Waals surface area contributed by atoms with Crippen molar-refractivity contribution >= 4 is 16.8 Å². The predicted molar refractivity (Wildman–Crippen MR) is 93.4 cm³/mol. The van der Waals surface area contributed by atoms with E-state index in [9.17, 15) is 0 Å². The lowest BCUT2D eigenvalue weighted by Crippen LogP contribution is -2.11. The maximum absolute atomic E-state index is 6.11. The van der Waals surface area contributed by atoms with Crippen LogP contribution in [0.3, 0.4) is 0 Å². The fourth-order valence-electron chi connectivity index (χ4n) is 2.98. The second-order valence-corrected chi connectivity index (χ2v) is 5.20. The minimum absolute atomic E-state index is 0.814. The van der Waals surface area contributed by atoms with Crippen LogP contribution >= 0.6 is 0 Å². The van der Waals surface area contributed by atoms with Crippen LogP contribution in [0.1, 0.15) is 37.8 Å². The number of ether oxygens (including phenoxy) is 1. The summed E-state index contributed by atoms with van der Waals surface area (Å²) in [4.78, 5) is 0. The van der Waals surface area contributed by atoms with Gasteiger partial charge in [0.25, 0.3) is 0 Å². The Morgan fingerprint density at radius 3 is 2.32 bits per heavy atom. The number of allylic oxidation sites excluding steroid dienone is 3. The first-order valence-corrected chi connectivity index (χ1v) is 7.89. The normalized spacial score (nSPS) is 15.1. The monoisotopic (exact) mass is 291 g/mol. The zero-order chi connectivity index (χ0) is 15.5. The number of nitrogen functional groups attached to an aromatic ring is 1. The van der Waals surface area contributed by atoms with Crippen LogP contribution in [-0.2, 0) is 0 Å². The Bertz CT molecular complexity index is 756. The molecule has 2 nitrogen and oxygen atoms in total. The van der Waals surface area contributed by atoms with Gasteiger partial charge >= 0.3 is 0 Å². The van der Waals surface area contributed by atoms with Crippen LogP contribution in [0.25, 0.3) is 11.1 Å². The molecule has 2 aromatic carbocycles. The molecule has 2 aliphatic rings. The Labute approximate surface area is 131 Å². The van der Waals surface area contributed by atoms with Crippen molar-refractivity contribution < 1.29 is 4.74 Å². The number of anilines is 1. The number of benzene rings is 2. The van der Waals surface area contributed by atoms with E-state index >= 15 is 0 Å². The van der Waals surface area contributed by atoms with Gasteiger partial charge in [0.05, 0.1) is 0 Å². The molecule has 4 rings (SSSR count). The van der Waals surface area contributed by atoms with Gasteiger partial charge in [0.2, 0.25) is 0 Å². The summed E-state index contributed by atoms with van der Waals surface area (Å²) >= 11 is 0. The predicted octanol–water partition coefficient (Wildman–Crippen LogP) is 5.28. The Kier molecular flexibility index (Phi) is 4.01. The summed E-state index contributed by atoms with van der Waals surface area (Å²) in [7, 11) is 0. The summed E-state index contributed by atoms with van der Waals surface area (Å²) in [6.07, 6.45) is 4.17. The lowest BCUT2D eigenvalue weighted by molar-refractivity contribution is 0.435. The third-order valence-corrected chi connectivity index (χ3v) is 3.99.